The fourth-order valence-corrected chi connectivity index (χ4v) is 1.84. The molecule has 1 amide bonds. The largest absolute Gasteiger partial charge is 0.494 e. The number of H-pyrrole nitrogens is 1. The van der Waals surface area contributed by atoms with Crippen molar-refractivity contribution in [3.05, 3.63) is 41.1 Å². The molecule has 0 aliphatic carbocycles. The molecule has 0 aliphatic rings. The van der Waals surface area contributed by atoms with E-state index in [-0.39, 0.29) is 5.91 Å². The maximum Gasteiger partial charge on any atom is 0.230 e. The first-order valence-electron chi connectivity index (χ1n) is 6.63. The number of hydrogen-bond donors (Lipinski definition) is 2. The topological polar surface area (TPSA) is 67.0 Å². The minimum Gasteiger partial charge on any atom is -0.494 e. The summed E-state index contributed by atoms with van der Waals surface area (Å²) in [6.07, 6.45) is 0.317. The van der Waals surface area contributed by atoms with Crippen molar-refractivity contribution in [3.8, 4) is 5.75 Å². The number of carbonyl (C=O) groups excluding carboxylic acids is 1. The van der Waals surface area contributed by atoms with Gasteiger partial charge < -0.3 is 10.1 Å². The lowest BCUT2D eigenvalue weighted by atomic mass is 10.1. The van der Waals surface area contributed by atoms with E-state index in [0.29, 0.717) is 18.8 Å². The number of carbonyl (C=O) groups is 1. The first kappa shape index (κ1) is 14.1. The number of ether oxygens (including phenoxy) is 1. The lowest BCUT2D eigenvalue weighted by molar-refractivity contribution is -0.115. The normalized spacial score (nSPS) is 10.3. The van der Waals surface area contributed by atoms with E-state index >= 15 is 0 Å². The van der Waals surface area contributed by atoms with Gasteiger partial charge in [-0.3, -0.25) is 9.89 Å². The van der Waals surface area contributed by atoms with Gasteiger partial charge in [0, 0.05) is 11.3 Å². The Morgan fingerprint density at radius 1 is 1.30 bits per heavy atom. The highest BCUT2D eigenvalue weighted by Crippen LogP contribution is 2.15. The fraction of sp³-hybridized carbons (Fsp3) is 0.333. The van der Waals surface area contributed by atoms with E-state index in [1.807, 2.05) is 45.0 Å². The zero-order chi connectivity index (χ0) is 14.5. The summed E-state index contributed by atoms with van der Waals surface area (Å²) in [6, 6.07) is 7.53. The Kier molecular flexibility index (Phi) is 4.40. The first-order chi connectivity index (χ1) is 9.60. The Labute approximate surface area is 118 Å². The minimum absolute atomic E-state index is 0.0799. The van der Waals surface area contributed by atoms with E-state index in [4.69, 9.17) is 4.74 Å². The quantitative estimate of drug-likeness (QED) is 0.880. The second-order valence-electron chi connectivity index (χ2n) is 4.62. The Bertz CT molecular complexity index is 588. The fourth-order valence-electron chi connectivity index (χ4n) is 1.84. The van der Waals surface area contributed by atoms with Gasteiger partial charge in [0.1, 0.15) is 5.75 Å². The van der Waals surface area contributed by atoms with Gasteiger partial charge in [0.25, 0.3) is 0 Å². The third kappa shape index (κ3) is 3.38. The Hall–Kier alpha value is -2.30. The summed E-state index contributed by atoms with van der Waals surface area (Å²) >= 11 is 0. The summed E-state index contributed by atoms with van der Waals surface area (Å²) in [5, 5.41) is 9.71. The van der Waals surface area contributed by atoms with Crippen LogP contribution in [0.15, 0.2) is 24.3 Å². The lowest BCUT2D eigenvalue weighted by Crippen LogP contribution is -2.15. The van der Waals surface area contributed by atoms with Crippen LogP contribution in [0.3, 0.4) is 0 Å². The second kappa shape index (κ2) is 6.23. The second-order valence-corrected chi connectivity index (χ2v) is 4.62. The van der Waals surface area contributed by atoms with Gasteiger partial charge in [-0.25, -0.2) is 0 Å². The molecule has 5 heteroatoms. The predicted octanol–water partition coefficient (Wildman–Crippen LogP) is 2.61. The van der Waals surface area contributed by atoms with Crippen LogP contribution in [0.4, 0.5) is 5.82 Å². The number of hydrogen-bond acceptors (Lipinski definition) is 3. The van der Waals surface area contributed by atoms with Gasteiger partial charge in [-0.05, 0) is 38.5 Å². The number of aryl methyl sites for hydroxylation is 1. The molecule has 20 heavy (non-hydrogen) atoms. The van der Waals surface area contributed by atoms with Gasteiger partial charge in [-0.2, -0.15) is 5.10 Å². The van der Waals surface area contributed by atoms with Crippen LogP contribution < -0.4 is 10.1 Å². The van der Waals surface area contributed by atoms with Crippen molar-refractivity contribution in [2.75, 3.05) is 11.9 Å². The molecule has 5 nitrogen and oxygen atoms in total. The van der Waals surface area contributed by atoms with Crippen LogP contribution in [0.5, 0.6) is 5.75 Å². The molecule has 2 rings (SSSR count). The van der Waals surface area contributed by atoms with Crippen molar-refractivity contribution >= 4 is 11.7 Å². The maximum atomic E-state index is 12.0. The minimum atomic E-state index is -0.0799. The zero-order valence-electron chi connectivity index (χ0n) is 12.0. The van der Waals surface area contributed by atoms with E-state index < -0.39 is 0 Å². The molecular weight excluding hydrogens is 254 g/mol. The van der Waals surface area contributed by atoms with Crippen LogP contribution in [0, 0.1) is 13.8 Å². The average molecular weight is 273 g/mol. The predicted molar refractivity (Wildman–Crippen MR) is 78.0 cm³/mol. The van der Waals surface area contributed by atoms with Crippen LogP contribution in [-0.4, -0.2) is 22.7 Å². The van der Waals surface area contributed by atoms with Gasteiger partial charge in [0.2, 0.25) is 5.91 Å². The number of amides is 1. The van der Waals surface area contributed by atoms with E-state index in [0.717, 1.165) is 22.6 Å². The van der Waals surface area contributed by atoms with E-state index in [2.05, 4.69) is 15.5 Å². The molecule has 0 spiro atoms. The summed E-state index contributed by atoms with van der Waals surface area (Å²) in [7, 11) is 0. The summed E-state index contributed by atoms with van der Waals surface area (Å²) in [4.78, 5) is 12.0. The number of nitrogens with zero attached hydrogens (tertiary/aromatic N) is 1. The third-order valence-corrected chi connectivity index (χ3v) is 3.11. The van der Waals surface area contributed by atoms with Crippen LogP contribution >= 0.6 is 0 Å². The van der Waals surface area contributed by atoms with Crippen molar-refractivity contribution in [1.29, 1.82) is 0 Å². The molecule has 0 radical (unpaired) electrons. The molecule has 0 saturated carbocycles. The third-order valence-electron chi connectivity index (χ3n) is 3.11. The lowest BCUT2D eigenvalue weighted by Gasteiger charge is -2.05. The molecular formula is C15H19N3O2. The van der Waals surface area contributed by atoms with Crippen molar-refractivity contribution < 1.29 is 9.53 Å². The Balaban J connectivity index is 1.96. The van der Waals surface area contributed by atoms with Gasteiger partial charge in [-0.1, -0.05) is 12.1 Å². The molecule has 1 heterocycles. The van der Waals surface area contributed by atoms with Crippen LogP contribution in [0.2, 0.25) is 0 Å². The Morgan fingerprint density at radius 3 is 2.55 bits per heavy atom. The SMILES string of the molecule is CCOc1ccc(CC(=O)Nc2n[nH]c(C)c2C)cc1. The molecule has 2 N–H and O–H groups in total. The van der Waals surface area contributed by atoms with Gasteiger partial charge in [0.05, 0.1) is 13.0 Å². The first-order valence-corrected chi connectivity index (χ1v) is 6.63. The number of rotatable bonds is 5. The standard InChI is InChI=1S/C15H19N3O2/c1-4-20-13-7-5-12(6-8-13)9-14(19)16-15-10(2)11(3)17-18-15/h5-8H,4,9H2,1-3H3,(H2,16,17,18,19). The molecule has 0 aliphatic heterocycles. The van der Waals surface area contributed by atoms with Crippen molar-refractivity contribution in [2.24, 2.45) is 0 Å². The maximum absolute atomic E-state index is 12.0. The van der Waals surface area contributed by atoms with E-state index in [9.17, 15) is 4.79 Å². The summed E-state index contributed by atoms with van der Waals surface area (Å²) in [5.41, 5.74) is 2.86. The zero-order valence-corrected chi connectivity index (χ0v) is 12.0. The summed E-state index contributed by atoms with van der Waals surface area (Å²) < 4.78 is 5.37. The monoisotopic (exact) mass is 273 g/mol. The molecule has 0 fully saturated rings. The highest BCUT2D eigenvalue weighted by atomic mass is 16.5. The van der Waals surface area contributed by atoms with E-state index in [1.54, 1.807) is 0 Å². The van der Waals surface area contributed by atoms with Crippen molar-refractivity contribution in [3.63, 3.8) is 0 Å². The highest BCUT2D eigenvalue weighted by Gasteiger charge is 2.10. The smallest absolute Gasteiger partial charge is 0.230 e. The number of nitrogens with one attached hydrogen (secondary N) is 2. The molecule has 1 aromatic heterocycles. The van der Waals surface area contributed by atoms with Gasteiger partial charge >= 0.3 is 0 Å². The number of aromatic amines is 1. The van der Waals surface area contributed by atoms with Crippen LogP contribution in [0.1, 0.15) is 23.7 Å². The summed E-state index contributed by atoms with van der Waals surface area (Å²) in [6.45, 7) is 6.42. The number of benzene rings is 1. The molecule has 0 saturated heterocycles. The Morgan fingerprint density at radius 2 is 2.00 bits per heavy atom. The molecule has 1 aromatic carbocycles. The van der Waals surface area contributed by atoms with Crippen LogP contribution in [0.25, 0.3) is 0 Å². The van der Waals surface area contributed by atoms with Gasteiger partial charge in [0.15, 0.2) is 5.82 Å². The average Bonchev–Trinajstić information content (AvgIpc) is 2.73. The molecule has 106 valence electrons. The van der Waals surface area contributed by atoms with Gasteiger partial charge in [-0.15, -0.1) is 0 Å². The van der Waals surface area contributed by atoms with E-state index in [1.165, 1.54) is 0 Å². The molecule has 0 bridgehead atoms. The van der Waals surface area contributed by atoms with Crippen molar-refractivity contribution in [2.45, 2.75) is 27.2 Å². The summed E-state index contributed by atoms with van der Waals surface area (Å²) in [5.74, 6) is 1.33. The number of anilines is 1. The molecule has 0 atom stereocenters. The molecule has 0 unspecified atom stereocenters. The van der Waals surface area contributed by atoms with Crippen LogP contribution in [-0.2, 0) is 11.2 Å². The highest BCUT2D eigenvalue weighted by molar-refractivity contribution is 5.92. The van der Waals surface area contributed by atoms with Crippen molar-refractivity contribution in [1.82, 2.24) is 10.2 Å². The number of aromatic nitrogens is 2. The molecule has 2 aromatic rings.